The summed E-state index contributed by atoms with van der Waals surface area (Å²) in [4.78, 5) is 4.15. The van der Waals surface area contributed by atoms with Gasteiger partial charge in [0.25, 0.3) is 0 Å². The lowest BCUT2D eigenvalue weighted by atomic mass is 10.0. The predicted octanol–water partition coefficient (Wildman–Crippen LogP) is 1.01. The molecule has 0 bridgehead atoms. The Labute approximate surface area is 79.7 Å². The van der Waals surface area contributed by atoms with Crippen molar-refractivity contribution in [1.29, 1.82) is 0 Å². The highest BCUT2D eigenvalue weighted by Gasteiger charge is 2.21. The fourth-order valence-electron chi connectivity index (χ4n) is 0.807. The molecule has 66 valence electrons. The van der Waals surface area contributed by atoms with Gasteiger partial charge in [-0.25, -0.2) is 4.98 Å². The Balaban J connectivity index is 3.03. The molecule has 4 heteroatoms. The van der Waals surface area contributed by atoms with Gasteiger partial charge in [0, 0.05) is 0 Å². The predicted molar refractivity (Wildman–Crippen MR) is 50.6 cm³/mol. The van der Waals surface area contributed by atoms with E-state index < -0.39 is 5.54 Å². The van der Waals surface area contributed by atoms with Gasteiger partial charge in [0.2, 0.25) is 0 Å². The first-order chi connectivity index (χ1) is 5.56. The Morgan fingerprint density at radius 1 is 1.67 bits per heavy atom. The normalized spacial score (nSPS) is 15.7. The number of nitrogens with zero attached hydrogens (tertiary/aromatic N) is 1. The number of rotatable bonds is 2. The van der Waals surface area contributed by atoms with Crippen LogP contribution in [-0.2, 0) is 5.54 Å². The first-order valence-corrected chi connectivity index (χ1v) is 4.38. The molecule has 0 aromatic carbocycles. The van der Waals surface area contributed by atoms with Crippen molar-refractivity contribution < 1.29 is 5.11 Å². The zero-order valence-corrected chi connectivity index (χ0v) is 8.37. The second-order valence-electron chi connectivity index (χ2n) is 2.92. The average molecular weight is 231 g/mol. The summed E-state index contributed by atoms with van der Waals surface area (Å²) in [5.74, 6) is 0. The van der Waals surface area contributed by atoms with Crippen LogP contribution in [0.2, 0.25) is 0 Å². The lowest BCUT2D eigenvalue weighted by molar-refractivity contribution is 0.206. The summed E-state index contributed by atoms with van der Waals surface area (Å²) in [6.07, 6.45) is 0. The smallest absolute Gasteiger partial charge is 0.106 e. The number of aromatic nitrogens is 1. The monoisotopic (exact) mass is 230 g/mol. The first kappa shape index (κ1) is 9.64. The maximum absolute atomic E-state index is 8.96. The van der Waals surface area contributed by atoms with Gasteiger partial charge < -0.3 is 10.8 Å². The molecular weight excluding hydrogens is 220 g/mol. The van der Waals surface area contributed by atoms with Crippen LogP contribution in [0.5, 0.6) is 0 Å². The van der Waals surface area contributed by atoms with Crippen LogP contribution in [0, 0.1) is 0 Å². The highest BCUT2D eigenvalue weighted by molar-refractivity contribution is 9.10. The van der Waals surface area contributed by atoms with Crippen LogP contribution < -0.4 is 5.73 Å². The largest absolute Gasteiger partial charge is 0.394 e. The van der Waals surface area contributed by atoms with Crippen LogP contribution in [0.3, 0.4) is 0 Å². The molecule has 0 saturated carbocycles. The number of pyridine rings is 1. The molecule has 1 atom stereocenters. The zero-order valence-electron chi connectivity index (χ0n) is 6.79. The van der Waals surface area contributed by atoms with Crippen LogP contribution >= 0.6 is 15.9 Å². The standard InChI is InChI=1S/C8H11BrN2O/c1-8(10,5-12)6-3-2-4-7(9)11-6/h2-4,12H,5,10H2,1H3. The van der Waals surface area contributed by atoms with Crippen LogP contribution in [0.1, 0.15) is 12.6 Å². The van der Waals surface area contributed by atoms with E-state index in [1.54, 1.807) is 13.0 Å². The van der Waals surface area contributed by atoms with Crippen molar-refractivity contribution >= 4 is 15.9 Å². The van der Waals surface area contributed by atoms with Gasteiger partial charge in [0.1, 0.15) is 4.60 Å². The van der Waals surface area contributed by atoms with E-state index in [2.05, 4.69) is 20.9 Å². The van der Waals surface area contributed by atoms with Crippen LogP contribution in [0.4, 0.5) is 0 Å². The first-order valence-electron chi connectivity index (χ1n) is 3.59. The topological polar surface area (TPSA) is 59.1 Å². The van der Waals surface area contributed by atoms with Gasteiger partial charge >= 0.3 is 0 Å². The molecular formula is C8H11BrN2O. The van der Waals surface area contributed by atoms with Gasteiger partial charge in [0.15, 0.2) is 0 Å². The van der Waals surface area contributed by atoms with E-state index >= 15 is 0 Å². The zero-order chi connectivity index (χ0) is 9.19. The number of hydrogen-bond acceptors (Lipinski definition) is 3. The third kappa shape index (κ3) is 2.03. The van der Waals surface area contributed by atoms with Crippen molar-refractivity contribution in [2.24, 2.45) is 5.73 Å². The fraction of sp³-hybridized carbons (Fsp3) is 0.375. The molecule has 0 radical (unpaired) electrons. The number of hydrogen-bond donors (Lipinski definition) is 2. The molecule has 0 fully saturated rings. The van der Waals surface area contributed by atoms with Crippen molar-refractivity contribution in [2.75, 3.05) is 6.61 Å². The summed E-state index contributed by atoms with van der Waals surface area (Å²) >= 11 is 3.24. The van der Waals surface area contributed by atoms with Crippen LogP contribution in [0.15, 0.2) is 22.8 Å². The summed E-state index contributed by atoms with van der Waals surface area (Å²) in [6, 6.07) is 5.45. The summed E-state index contributed by atoms with van der Waals surface area (Å²) in [5.41, 5.74) is 5.69. The lowest BCUT2D eigenvalue weighted by Gasteiger charge is -2.20. The van der Waals surface area contributed by atoms with Crippen molar-refractivity contribution in [3.63, 3.8) is 0 Å². The van der Waals surface area contributed by atoms with E-state index in [1.165, 1.54) is 0 Å². The molecule has 0 spiro atoms. The minimum atomic E-state index is -0.760. The van der Waals surface area contributed by atoms with Crippen molar-refractivity contribution in [1.82, 2.24) is 4.98 Å². The summed E-state index contributed by atoms with van der Waals surface area (Å²) < 4.78 is 0.727. The maximum Gasteiger partial charge on any atom is 0.106 e. The number of aliphatic hydroxyl groups excluding tert-OH is 1. The molecule has 1 heterocycles. The Kier molecular flexibility index (Phi) is 2.82. The average Bonchev–Trinajstić information content (AvgIpc) is 2.05. The Morgan fingerprint density at radius 2 is 2.33 bits per heavy atom. The maximum atomic E-state index is 8.96. The van der Waals surface area contributed by atoms with Gasteiger partial charge in [0.05, 0.1) is 17.8 Å². The van der Waals surface area contributed by atoms with E-state index in [4.69, 9.17) is 10.8 Å². The van der Waals surface area contributed by atoms with E-state index in [1.807, 2.05) is 12.1 Å². The van der Waals surface area contributed by atoms with Crippen molar-refractivity contribution in [2.45, 2.75) is 12.5 Å². The second-order valence-corrected chi connectivity index (χ2v) is 3.73. The molecule has 1 unspecified atom stereocenters. The van der Waals surface area contributed by atoms with Crippen molar-refractivity contribution in [3.8, 4) is 0 Å². The van der Waals surface area contributed by atoms with Gasteiger partial charge in [-0.2, -0.15) is 0 Å². The SMILES string of the molecule is CC(N)(CO)c1cccc(Br)n1. The van der Waals surface area contributed by atoms with Crippen LogP contribution in [0.25, 0.3) is 0 Å². The molecule has 1 rings (SSSR count). The van der Waals surface area contributed by atoms with Gasteiger partial charge in [-0.15, -0.1) is 0 Å². The number of nitrogens with two attached hydrogens (primary N) is 1. The highest BCUT2D eigenvalue weighted by atomic mass is 79.9. The van der Waals surface area contributed by atoms with Gasteiger partial charge in [-0.1, -0.05) is 6.07 Å². The lowest BCUT2D eigenvalue weighted by Crippen LogP contribution is -2.37. The summed E-state index contributed by atoms with van der Waals surface area (Å²) in [5, 5.41) is 8.96. The quantitative estimate of drug-likeness (QED) is 0.747. The Hall–Kier alpha value is -0.450. The molecule has 0 amide bonds. The molecule has 0 aliphatic rings. The van der Waals surface area contributed by atoms with Gasteiger partial charge in [-0.05, 0) is 35.0 Å². The Bertz CT molecular complexity index is 276. The fourth-order valence-corrected chi connectivity index (χ4v) is 1.15. The molecule has 12 heavy (non-hydrogen) atoms. The van der Waals surface area contributed by atoms with E-state index in [-0.39, 0.29) is 6.61 Å². The second kappa shape index (κ2) is 3.51. The molecule has 0 saturated heterocycles. The van der Waals surface area contributed by atoms with E-state index in [0.717, 1.165) is 4.60 Å². The van der Waals surface area contributed by atoms with Gasteiger partial charge in [-0.3, -0.25) is 0 Å². The molecule has 3 N–H and O–H groups in total. The van der Waals surface area contributed by atoms with E-state index in [9.17, 15) is 0 Å². The van der Waals surface area contributed by atoms with E-state index in [0.29, 0.717) is 5.69 Å². The third-order valence-electron chi connectivity index (χ3n) is 1.63. The summed E-state index contributed by atoms with van der Waals surface area (Å²) in [6.45, 7) is 1.62. The number of halogens is 1. The van der Waals surface area contributed by atoms with Crippen molar-refractivity contribution in [3.05, 3.63) is 28.5 Å². The highest BCUT2D eigenvalue weighted by Crippen LogP contribution is 2.16. The third-order valence-corrected chi connectivity index (χ3v) is 2.07. The molecule has 1 aromatic rings. The molecule has 3 nitrogen and oxygen atoms in total. The minimum Gasteiger partial charge on any atom is -0.394 e. The molecule has 0 aliphatic heterocycles. The van der Waals surface area contributed by atoms with Crippen LogP contribution in [-0.4, -0.2) is 16.7 Å². The molecule has 1 aromatic heterocycles. The molecule has 0 aliphatic carbocycles. The summed E-state index contributed by atoms with van der Waals surface area (Å²) in [7, 11) is 0. The number of aliphatic hydroxyl groups is 1. The minimum absolute atomic E-state index is 0.115. The Morgan fingerprint density at radius 3 is 2.83 bits per heavy atom.